The van der Waals surface area contributed by atoms with E-state index in [1.807, 2.05) is 6.07 Å². The molecule has 1 N–H and O–H groups in total. The molecule has 0 aromatic carbocycles. The van der Waals surface area contributed by atoms with Gasteiger partial charge in [-0.25, -0.2) is 0 Å². The van der Waals surface area contributed by atoms with Crippen molar-refractivity contribution in [1.82, 2.24) is 5.32 Å². The molecule has 1 nitrogen and oxygen atoms in total. The van der Waals surface area contributed by atoms with Gasteiger partial charge in [0.15, 0.2) is 0 Å². The first-order valence-electron chi connectivity index (χ1n) is 4.31. The molecule has 0 radical (unpaired) electrons. The Balaban J connectivity index is 2.13. The number of hydrogen-bond acceptors (Lipinski definition) is 2. The molecule has 0 amide bonds. The molecule has 66 valence electrons. The van der Waals surface area contributed by atoms with Gasteiger partial charge in [-0.3, -0.25) is 0 Å². The molecular formula is C9H12ClNS. The molecule has 1 aromatic rings. The van der Waals surface area contributed by atoms with Crippen LogP contribution in [0.4, 0.5) is 0 Å². The Kier molecular flexibility index (Phi) is 2.69. The molecule has 1 fully saturated rings. The van der Waals surface area contributed by atoms with E-state index in [-0.39, 0.29) is 0 Å². The number of thiophene rings is 1. The van der Waals surface area contributed by atoms with Gasteiger partial charge in [0.1, 0.15) is 0 Å². The van der Waals surface area contributed by atoms with Crippen LogP contribution in [0.15, 0.2) is 11.4 Å². The summed E-state index contributed by atoms with van der Waals surface area (Å²) in [6.45, 7) is 2.28. The van der Waals surface area contributed by atoms with Crippen LogP contribution in [0.1, 0.15) is 23.6 Å². The van der Waals surface area contributed by atoms with Crippen molar-refractivity contribution in [1.29, 1.82) is 0 Å². The highest BCUT2D eigenvalue weighted by molar-refractivity contribution is 7.10. The maximum Gasteiger partial charge on any atom is 0.0547 e. The van der Waals surface area contributed by atoms with Gasteiger partial charge in [0.25, 0.3) is 0 Å². The van der Waals surface area contributed by atoms with E-state index < -0.39 is 0 Å². The van der Waals surface area contributed by atoms with Gasteiger partial charge in [-0.15, -0.1) is 11.3 Å². The van der Waals surface area contributed by atoms with Crippen molar-refractivity contribution in [2.75, 3.05) is 13.1 Å². The van der Waals surface area contributed by atoms with E-state index in [0.29, 0.717) is 5.92 Å². The summed E-state index contributed by atoms with van der Waals surface area (Å²) in [5.74, 6) is 0.707. The monoisotopic (exact) mass is 201 g/mol. The lowest BCUT2D eigenvalue weighted by Gasteiger charge is -2.21. The molecule has 0 atom stereocenters. The minimum absolute atomic E-state index is 0.707. The van der Waals surface area contributed by atoms with Crippen LogP contribution in [0.3, 0.4) is 0 Å². The summed E-state index contributed by atoms with van der Waals surface area (Å²) in [5, 5.41) is 6.41. The summed E-state index contributed by atoms with van der Waals surface area (Å²) in [6.07, 6.45) is 2.47. The Bertz CT molecular complexity index is 253. The summed E-state index contributed by atoms with van der Waals surface area (Å²) in [4.78, 5) is 1.39. The zero-order valence-corrected chi connectivity index (χ0v) is 8.42. The maximum absolute atomic E-state index is 6.06. The first-order chi connectivity index (χ1) is 5.88. The SMILES string of the molecule is Clc1ccsc1C1CCNCC1. The van der Waals surface area contributed by atoms with E-state index in [0.717, 1.165) is 18.1 Å². The second-order valence-corrected chi connectivity index (χ2v) is 4.51. The molecule has 3 heteroatoms. The number of rotatable bonds is 1. The third-order valence-electron chi connectivity index (χ3n) is 2.35. The van der Waals surface area contributed by atoms with Crippen molar-refractivity contribution in [3.8, 4) is 0 Å². The van der Waals surface area contributed by atoms with Crippen molar-refractivity contribution >= 4 is 22.9 Å². The van der Waals surface area contributed by atoms with E-state index in [2.05, 4.69) is 10.7 Å². The normalized spacial score (nSPS) is 19.8. The zero-order valence-electron chi connectivity index (χ0n) is 6.85. The number of piperidine rings is 1. The van der Waals surface area contributed by atoms with Crippen LogP contribution >= 0.6 is 22.9 Å². The molecule has 1 aromatic heterocycles. The fourth-order valence-electron chi connectivity index (χ4n) is 1.68. The molecule has 1 saturated heterocycles. The van der Waals surface area contributed by atoms with Crippen LogP contribution < -0.4 is 5.32 Å². The summed E-state index contributed by atoms with van der Waals surface area (Å²) < 4.78 is 0. The maximum atomic E-state index is 6.06. The van der Waals surface area contributed by atoms with E-state index in [4.69, 9.17) is 11.6 Å². The van der Waals surface area contributed by atoms with Gasteiger partial charge in [0, 0.05) is 4.88 Å². The highest BCUT2D eigenvalue weighted by Crippen LogP contribution is 2.34. The van der Waals surface area contributed by atoms with Crippen LogP contribution in [0.2, 0.25) is 5.02 Å². The highest BCUT2D eigenvalue weighted by Gasteiger charge is 2.18. The predicted molar refractivity (Wildman–Crippen MR) is 54.2 cm³/mol. The third-order valence-corrected chi connectivity index (χ3v) is 3.88. The van der Waals surface area contributed by atoms with Crippen molar-refractivity contribution in [3.05, 3.63) is 21.3 Å². The molecule has 0 aliphatic carbocycles. The highest BCUT2D eigenvalue weighted by atomic mass is 35.5. The lowest BCUT2D eigenvalue weighted by Crippen LogP contribution is -2.26. The smallest absolute Gasteiger partial charge is 0.0547 e. The van der Waals surface area contributed by atoms with E-state index in [9.17, 15) is 0 Å². The van der Waals surface area contributed by atoms with Gasteiger partial charge in [0.05, 0.1) is 5.02 Å². The summed E-state index contributed by atoms with van der Waals surface area (Å²) in [6, 6.07) is 2.00. The number of hydrogen-bond donors (Lipinski definition) is 1. The van der Waals surface area contributed by atoms with Crippen LogP contribution in [-0.2, 0) is 0 Å². The molecular weight excluding hydrogens is 190 g/mol. The minimum atomic E-state index is 0.707. The average Bonchev–Trinajstić information content (AvgIpc) is 2.53. The molecule has 0 spiro atoms. The van der Waals surface area contributed by atoms with Gasteiger partial charge in [0.2, 0.25) is 0 Å². The average molecular weight is 202 g/mol. The lowest BCUT2D eigenvalue weighted by molar-refractivity contribution is 0.465. The zero-order chi connectivity index (χ0) is 8.39. The second-order valence-electron chi connectivity index (χ2n) is 3.16. The fraction of sp³-hybridized carbons (Fsp3) is 0.556. The summed E-state index contributed by atoms with van der Waals surface area (Å²) in [7, 11) is 0. The molecule has 12 heavy (non-hydrogen) atoms. The Morgan fingerprint density at radius 2 is 2.17 bits per heavy atom. The minimum Gasteiger partial charge on any atom is -0.317 e. The van der Waals surface area contributed by atoms with E-state index in [1.54, 1.807) is 11.3 Å². The van der Waals surface area contributed by atoms with Gasteiger partial charge >= 0.3 is 0 Å². The molecule has 1 aliphatic rings. The fourth-order valence-corrected chi connectivity index (χ4v) is 3.07. The molecule has 0 unspecified atom stereocenters. The molecule has 0 saturated carbocycles. The third kappa shape index (κ3) is 1.65. The Labute approximate surface area is 81.7 Å². The molecule has 2 heterocycles. The summed E-state index contributed by atoms with van der Waals surface area (Å²) >= 11 is 7.86. The van der Waals surface area contributed by atoms with Crippen LogP contribution in [0.5, 0.6) is 0 Å². The lowest BCUT2D eigenvalue weighted by atomic mass is 9.97. The Morgan fingerprint density at radius 1 is 1.42 bits per heavy atom. The summed E-state index contributed by atoms with van der Waals surface area (Å²) in [5.41, 5.74) is 0. The van der Waals surface area contributed by atoms with Gasteiger partial charge < -0.3 is 5.32 Å². The Morgan fingerprint density at radius 3 is 2.75 bits per heavy atom. The van der Waals surface area contributed by atoms with Gasteiger partial charge in [-0.2, -0.15) is 0 Å². The van der Waals surface area contributed by atoms with E-state index in [1.165, 1.54) is 17.7 Å². The predicted octanol–water partition coefficient (Wildman–Crippen LogP) is 2.87. The molecule has 2 rings (SSSR count). The topological polar surface area (TPSA) is 12.0 Å². The van der Waals surface area contributed by atoms with Crippen molar-refractivity contribution < 1.29 is 0 Å². The van der Waals surface area contributed by atoms with E-state index >= 15 is 0 Å². The van der Waals surface area contributed by atoms with Crippen molar-refractivity contribution in [2.24, 2.45) is 0 Å². The number of halogens is 1. The van der Waals surface area contributed by atoms with Crippen LogP contribution in [0, 0.1) is 0 Å². The van der Waals surface area contributed by atoms with Crippen LogP contribution in [0.25, 0.3) is 0 Å². The molecule has 1 aliphatic heterocycles. The van der Waals surface area contributed by atoms with Gasteiger partial charge in [-0.05, 0) is 43.3 Å². The quantitative estimate of drug-likeness (QED) is 0.737. The van der Waals surface area contributed by atoms with Gasteiger partial charge in [-0.1, -0.05) is 11.6 Å². The first-order valence-corrected chi connectivity index (χ1v) is 5.57. The standard InChI is InChI=1S/C9H12ClNS/c10-8-3-6-12-9(8)7-1-4-11-5-2-7/h3,6-7,11H,1-2,4-5H2. The number of nitrogens with one attached hydrogen (secondary N) is 1. The second kappa shape index (κ2) is 3.77. The first kappa shape index (κ1) is 8.54. The largest absolute Gasteiger partial charge is 0.317 e. The molecule has 0 bridgehead atoms. The van der Waals surface area contributed by atoms with Crippen LogP contribution in [-0.4, -0.2) is 13.1 Å². The van der Waals surface area contributed by atoms with Crippen molar-refractivity contribution in [3.63, 3.8) is 0 Å². The Hall–Kier alpha value is -0.0500. The van der Waals surface area contributed by atoms with Crippen molar-refractivity contribution in [2.45, 2.75) is 18.8 Å².